The molecule has 2 aromatic carbocycles. The number of ether oxygens (including phenoxy) is 1. The summed E-state index contributed by atoms with van der Waals surface area (Å²) in [6, 6.07) is 11.0. The maximum Gasteiger partial charge on any atom is 0.261 e. The van der Waals surface area contributed by atoms with Crippen molar-refractivity contribution >= 4 is 11.8 Å². The van der Waals surface area contributed by atoms with Crippen molar-refractivity contribution in [3.63, 3.8) is 0 Å². The predicted molar refractivity (Wildman–Crippen MR) is 116 cm³/mol. The zero-order valence-electron chi connectivity index (χ0n) is 18.4. The van der Waals surface area contributed by atoms with Gasteiger partial charge in [-0.25, -0.2) is 4.39 Å². The summed E-state index contributed by atoms with van der Waals surface area (Å²) in [7, 11) is 0. The molecule has 0 aliphatic carbocycles. The van der Waals surface area contributed by atoms with E-state index in [0.29, 0.717) is 18.2 Å². The summed E-state index contributed by atoms with van der Waals surface area (Å²) in [5.74, 6) is 0.0490. The van der Waals surface area contributed by atoms with Crippen molar-refractivity contribution in [3.05, 3.63) is 65.0 Å². The van der Waals surface area contributed by atoms with Crippen molar-refractivity contribution in [2.75, 3.05) is 13.2 Å². The number of rotatable bonds is 9. The fourth-order valence-corrected chi connectivity index (χ4v) is 2.91. The number of hydrogen-bond acceptors (Lipinski definition) is 3. The first kappa shape index (κ1) is 23.4. The summed E-state index contributed by atoms with van der Waals surface area (Å²) < 4.78 is 19.0. The number of halogens is 1. The van der Waals surface area contributed by atoms with Crippen LogP contribution in [-0.2, 0) is 16.1 Å². The van der Waals surface area contributed by atoms with Gasteiger partial charge >= 0.3 is 0 Å². The third kappa shape index (κ3) is 6.87. The lowest BCUT2D eigenvalue weighted by Gasteiger charge is -2.29. The Morgan fingerprint density at radius 3 is 2.37 bits per heavy atom. The van der Waals surface area contributed by atoms with Gasteiger partial charge in [0.1, 0.15) is 17.6 Å². The van der Waals surface area contributed by atoms with Crippen LogP contribution in [0.3, 0.4) is 0 Å². The van der Waals surface area contributed by atoms with Gasteiger partial charge in [0.2, 0.25) is 5.91 Å². The van der Waals surface area contributed by atoms with Crippen molar-refractivity contribution in [2.45, 2.75) is 47.2 Å². The van der Waals surface area contributed by atoms with E-state index in [-0.39, 0.29) is 30.8 Å². The zero-order chi connectivity index (χ0) is 22.3. The Morgan fingerprint density at radius 2 is 1.73 bits per heavy atom. The molecule has 0 unspecified atom stereocenters. The van der Waals surface area contributed by atoms with E-state index in [1.807, 2.05) is 45.9 Å². The summed E-state index contributed by atoms with van der Waals surface area (Å²) in [5, 5.41) is 2.87. The molecule has 0 saturated carbocycles. The summed E-state index contributed by atoms with van der Waals surface area (Å²) >= 11 is 0. The summed E-state index contributed by atoms with van der Waals surface area (Å²) in [6.07, 6.45) is 0. The van der Waals surface area contributed by atoms with E-state index in [1.165, 1.54) is 17.0 Å². The Bertz CT molecular complexity index is 865. The zero-order valence-corrected chi connectivity index (χ0v) is 18.4. The number of nitrogens with one attached hydrogen (secondary N) is 1. The molecule has 0 radical (unpaired) electrons. The van der Waals surface area contributed by atoms with Gasteiger partial charge in [0, 0.05) is 13.1 Å². The van der Waals surface area contributed by atoms with Crippen LogP contribution >= 0.6 is 0 Å². The molecule has 5 nitrogen and oxygen atoms in total. The van der Waals surface area contributed by atoms with Crippen molar-refractivity contribution in [2.24, 2.45) is 5.92 Å². The van der Waals surface area contributed by atoms with E-state index in [9.17, 15) is 14.0 Å². The third-order valence-electron chi connectivity index (χ3n) is 4.81. The van der Waals surface area contributed by atoms with Crippen LogP contribution in [0.1, 0.15) is 37.5 Å². The molecule has 0 aliphatic rings. The molecule has 0 aliphatic heterocycles. The van der Waals surface area contributed by atoms with E-state index >= 15 is 0 Å². The average Bonchev–Trinajstić information content (AvgIpc) is 2.71. The number of amides is 2. The molecule has 2 amide bonds. The highest BCUT2D eigenvalue weighted by molar-refractivity contribution is 5.88. The molecule has 0 saturated heterocycles. The Hall–Kier alpha value is -2.89. The molecule has 30 heavy (non-hydrogen) atoms. The second-order valence-electron chi connectivity index (χ2n) is 8.02. The highest BCUT2D eigenvalue weighted by atomic mass is 19.1. The number of carbonyl (C=O) groups excluding carboxylic acids is 2. The number of carbonyl (C=O) groups is 2. The van der Waals surface area contributed by atoms with Crippen LogP contribution in [0, 0.1) is 25.6 Å². The lowest BCUT2D eigenvalue weighted by atomic mass is 10.1. The number of hydrogen-bond donors (Lipinski definition) is 1. The van der Waals surface area contributed by atoms with Gasteiger partial charge in [-0.3, -0.25) is 9.59 Å². The third-order valence-corrected chi connectivity index (χ3v) is 4.81. The largest absolute Gasteiger partial charge is 0.483 e. The fourth-order valence-electron chi connectivity index (χ4n) is 2.91. The Morgan fingerprint density at radius 1 is 1.07 bits per heavy atom. The molecule has 0 heterocycles. The lowest BCUT2D eigenvalue weighted by molar-refractivity contribution is -0.142. The van der Waals surface area contributed by atoms with E-state index in [1.54, 1.807) is 19.1 Å². The van der Waals surface area contributed by atoms with Crippen LogP contribution < -0.4 is 10.1 Å². The minimum atomic E-state index is -0.691. The van der Waals surface area contributed by atoms with Crippen molar-refractivity contribution in [1.29, 1.82) is 0 Å². The second kappa shape index (κ2) is 10.8. The molecule has 1 N–H and O–H groups in total. The quantitative estimate of drug-likeness (QED) is 0.674. The number of aryl methyl sites for hydroxylation is 2. The van der Waals surface area contributed by atoms with Gasteiger partial charge in [0.05, 0.1) is 0 Å². The minimum absolute atomic E-state index is 0.186. The van der Waals surface area contributed by atoms with Crippen molar-refractivity contribution in [1.82, 2.24) is 10.2 Å². The number of benzene rings is 2. The second-order valence-corrected chi connectivity index (χ2v) is 8.02. The topological polar surface area (TPSA) is 58.6 Å². The van der Waals surface area contributed by atoms with Gasteiger partial charge in [-0.05, 0) is 61.6 Å². The molecule has 0 fully saturated rings. The molecule has 0 bridgehead atoms. The average molecular weight is 415 g/mol. The van der Waals surface area contributed by atoms with E-state index in [2.05, 4.69) is 5.32 Å². The fraction of sp³-hybridized carbons (Fsp3) is 0.417. The highest BCUT2D eigenvalue weighted by Crippen LogP contribution is 2.19. The summed E-state index contributed by atoms with van der Waals surface area (Å²) in [4.78, 5) is 27.1. The van der Waals surface area contributed by atoms with Gasteiger partial charge < -0.3 is 15.0 Å². The van der Waals surface area contributed by atoms with Gasteiger partial charge in [-0.1, -0.05) is 38.1 Å². The molecule has 0 aromatic heterocycles. The first-order valence-electron chi connectivity index (χ1n) is 10.2. The normalized spacial score (nSPS) is 11.8. The van der Waals surface area contributed by atoms with Gasteiger partial charge in [0.25, 0.3) is 5.91 Å². The van der Waals surface area contributed by atoms with Crippen molar-refractivity contribution < 1.29 is 18.7 Å². The Kier molecular flexibility index (Phi) is 8.39. The Labute approximate surface area is 178 Å². The standard InChI is InChI=1S/C24H31FN2O3/c1-16(2)13-26-24(29)19(5)27(14-20-8-10-21(25)11-9-20)23(28)15-30-22-12-17(3)6-7-18(22)4/h6-12,16,19H,13-15H2,1-5H3,(H,26,29)/t19-/m1/s1. The first-order valence-corrected chi connectivity index (χ1v) is 10.2. The lowest BCUT2D eigenvalue weighted by Crippen LogP contribution is -2.49. The smallest absolute Gasteiger partial charge is 0.261 e. The van der Waals surface area contributed by atoms with Crippen LogP contribution in [0.25, 0.3) is 0 Å². The molecule has 2 rings (SSSR count). The van der Waals surface area contributed by atoms with E-state index in [0.717, 1.165) is 16.7 Å². The SMILES string of the molecule is Cc1ccc(C)c(OCC(=O)N(Cc2ccc(F)cc2)[C@H](C)C(=O)NCC(C)C)c1. The van der Waals surface area contributed by atoms with Crippen LogP contribution in [-0.4, -0.2) is 35.9 Å². The molecule has 2 aromatic rings. The molecular weight excluding hydrogens is 383 g/mol. The maximum absolute atomic E-state index is 13.3. The molecule has 1 atom stereocenters. The van der Waals surface area contributed by atoms with Gasteiger partial charge in [0.15, 0.2) is 6.61 Å². The van der Waals surface area contributed by atoms with E-state index in [4.69, 9.17) is 4.74 Å². The summed E-state index contributed by atoms with van der Waals surface area (Å²) in [5.41, 5.74) is 2.70. The van der Waals surface area contributed by atoms with Gasteiger partial charge in [-0.2, -0.15) is 0 Å². The van der Waals surface area contributed by atoms with Crippen LogP contribution in [0.5, 0.6) is 5.75 Å². The van der Waals surface area contributed by atoms with Crippen LogP contribution in [0.4, 0.5) is 4.39 Å². The molecule has 0 spiro atoms. The highest BCUT2D eigenvalue weighted by Gasteiger charge is 2.26. The minimum Gasteiger partial charge on any atom is -0.483 e. The molecular formula is C24H31FN2O3. The van der Waals surface area contributed by atoms with Gasteiger partial charge in [-0.15, -0.1) is 0 Å². The van der Waals surface area contributed by atoms with E-state index < -0.39 is 6.04 Å². The predicted octanol–water partition coefficient (Wildman–Crippen LogP) is 4.01. The maximum atomic E-state index is 13.3. The first-order chi connectivity index (χ1) is 14.2. The molecule has 162 valence electrons. The summed E-state index contributed by atoms with van der Waals surface area (Å²) in [6.45, 7) is 10.1. The number of nitrogens with zero attached hydrogens (tertiary/aromatic N) is 1. The Balaban J connectivity index is 2.15. The van der Waals surface area contributed by atoms with Crippen LogP contribution in [0.15, 0.2) is 42.5 Å². The van der Waals surface area contributed by atoms with Crippen LogP contribution in [0.2, 0.25) is 0 Å². The molecule has 6 heteroatoms. The van der Waals surface area contributed by atoms with Crippen molar-refractivity contribution in [3.8, 4) is 5.75 Å². The monoisotopic (exact) mass is 414 g/mol.